The number of aromatic nitrogens is 6. The molecule has 2 aliphatic rings. The molecule has 3 aromatic heterocycles. The molecule has 1 aliphatic carbocycles. The van der Waals surface area contributed by atoms with Gasteiger partial charge >= 0.3 is 0 Å². The number of hydrogen-bond donors (Lipinski definition) is 0. The van der Waals surface area contributed by atoms with Crippen LogP contribution >= 0.6 is 0 Å². The van der Waals surface area contributed by atoms with Gasteiger partial charge in [-0.15, -0.1) is 0 Å². The van der Waals surface area contributed by atoms with Crippen molar-refractivity contribution in [1.29, 1.82) is 0 Å². The third-order valence-corrected chi connectivity index (χ3v) is 8.55. The van der Waals surface area contributed by atoms with Crippen molar-refractivity contribution < 1.29 is 4.74 Å². The van der Waals surface area contributed by atoms with Gasteiger partial charge in [-0.1, -0.05) is 32.0 Å². The molecule has 4 aromatic rings. The van der Waals surface area contributed by atoms with Gasteiger partial charge in [-0.2, -0.15) is 10.2 Å². The van der Waals surface area contributed by atoms with Gasteiger partial charge in [0, 0.05) is 85.2 Å². The van der Waals surface area contributed by atoms with Crippen molar-refractivity contribution in [2.24, 2.45) is 12.5 Å². The van der Waals surface area contributed by atoms with Crippen molar-refractivity contribution >= 4 is 0 Å². The van der Waals surface area contributed by atoms with Crippen molar-refractivity contribution in [3.63, 3.8) is 0 Å². The summed E-state index contributed by atoms with van der Waals surface area (Å²) in [5.74, 6) is 0.713. The minimum absolute atomic E-state index is 0.230. The molecule has 0 N–H and O–H groups in total. The number of nitrogens with zero attached hydrogens (tertiary/aromatic N) is 7. The van der Waals surface area contributed by atoms with E-state index in [2.05, 4.69) is 63.7 Å². The Balaban J connectivity index is 1.09. The number of benzene rings is 1. The maximum atomic E-state index is 5.95. The first-order valence-corrected chi connectivity index (χ1v) is 13.7. The van der Waals surface area contributed by atoms with Gasteiger partial charge in [0.25, 0.3) is 0 Å². The Morgan fingerprint density at radius 3 is 2.29 bits per heavy atom. The Labute approximate surface area is 224 Å². The van der Waals surface area contributed by atoms with Crippen LogP contribution < -0.4 is 0 Å². The third kappa shape index (κ3) is 4.67. The van der Waals surface area contributed by atoms with E-state index < -0.39 is 0 Å². The van der Waals surface area contributed by atoms with Crippen LogP contribution in [0.4, 0.5) is 0 Å². The van der Waals surface area contributed by atoms with E-state index in [1.807, 2.05) is 54.8 Å². The molecule has 0 bridgehead atoms. The zero-order valence-electron chi connectivity index (χ0n) is 22.8. The first-order valence-electron chi connectivity index (χ1n) is 13.7. The summed E-state index contributed by atoms with van der Waals surface area (Å²) >= 11 is 0. The largest absolute Gasteiger partial charge is 0.378 e. The Morgan fingerprint density at radius 2 is 1.61 bits per heavy atom. The van der Waals surface area contributed by atoms with Crippen molar-refractivity contribution in [3.8, 4) is 33.6 Å². The summed E-state index contributed by atoms with van der Waals surface area (Å²) in [5.41, 5.74) is 5.44. The Hall–Kier alpha value is -3.36. The molecule has 1 aromatic carbocycles. The summed E-state index contributed by atoms with van der Waals surface area (Å²) in [5, 5.41) is 9.01. The fourth-order valence-corrected chi connectivity index (χ4v) is 6.15. The molecular formula is C30H37N7O. The maximum absolute atomic E-state index is 5.95. The van der Waals surface area contributed by atoms with Crippen molar-refractivity contribution in [1.82, 2.24) is 34.4 Å². The van der Waals surface area contributed by atoms with Crippen molar-refractivity contribution in [2.45, 2.75) is 58.2 Å². The van der Waals surface area contributed by atoms with Gasteiger partial charge < -0.3 is 4.74 Å². The number of ether oxygens (including phenoxy) is 1. The van der Waals surface area contributed by atoms with Crippen LogP contribution in [0.15, 0.2) is 61.4 Å². The highest BCUT2D eigenvalue weighted by molar-refractivity contribution is 5.70. The van der Waals surface area contributed by atoms with E-state index in [1.165, 1.54) is 0 Å². The maximum Gasteiger partial charge on any atom is 0.159 e. The topological polar surface area (TPSA) is 73.9 Å². The standard InChI is InChI=1S/C30H37N7O/c1-5-38-28-14-27(30(28,2)3)36-11-9-26(10-12-36)37-20-25(18-34-37)23-15-31-29(32-16-23)22-8-6-7-21(13-22)24-17-33-35(4)19-24/h6-8,13,15-20,26-28H,5,9-12,14H2,1-4H3. The second-order valence-corrected chi connectivity index (χ2v) is 11.3. The number of rotatable bonds is 7. The lowest BCUT2D eigenvalue weighted by Gasteiger charge is -2.57. The molecule has 1 aliphatic heterocycles. The van der Waals surface area contributed by atoms with E-state index >= 15 is 0 Å². The highest BCUT2D eigenvalue weighted by atomic mass is 16.5. The number of hydrogen-bond acceptors (Lipinski definition) is 6. The molecule has 6 rings (SSSR count). The van der Waals surface area contributed by atoms with E-state index in [-0.39, 0.29) is 5.41 Å². The Kier molecular flexibility index (Phi) is 6.61. The molecule has 38 heavy (non-hydrogen) atoms. The second-order valence-electron chi connectivity index (χ2n) is 11.3. The van der Waals surface area contributed by atoms with Crippen LogP contribution in [0.5, 0.6) is 0 Å². The van der Waals surface area contributed by atoms with Crippen LogP contribution in [0.1, 0.15) is 46.1 Å². The lowest BCUT2D eigenvalue weighted by molar-refractivity contribution is -0.154. The normalized spacial score (nSPS) is 21.9. The quantitative estimate of drug-likeness (QED) is 0.338. The lowest BCUT2D eigenvalue weighted by Crippen LogP contribution is -2.63. The summed E-state index contributed by atoms with van der Waals surface area (Å²) in [6.07, 6.45) is 15.6. The molecule has 2 atom stereocenters. The van der Waals surface area contributed by atoms with Gasteiger partial charge in [-0.05, 0) is 37.8 Å². The molecule has 8 nitrogen and oxygen atoms in total. The van der Waals surface area contributed by atoms with Gasteiger partial charge in [0.15, 0.2) is 5.82 Å². The smallest absolute Gasteiger partial charge is 0.159 e. The minimum atomic E-state index is 0.230. The molecule has 8 heteroatoms. The van der Waals surface area contributed by atoms with Crippen LogP contribution in [0, 0.1) is 5.41 Å². The lowest BCUT2D eigenvalue weighted by atomic mass is 9.63. The average Bonchev–Trinajstić information content (AvgIpc) is 3.61. The van der Waals surface area contributed by atoms with E-state index in [1.54, 1.807) is 0 Å². The van der Waals surface area contributed by atoms with Crippen molar-refractivity contribution in [3.05, 3.63) is 61.4 Å². The molecule has 198 valence electrons. The van der Waals surface area contributed by atoms with Gasteiger partial charge in [0.2, 0.25) is 0 Å². The number of aryl methyl sites for hydroxylation is 1. The zero-order chi connectivity index (χ0) is 26.3. The summed E-state index contributed by atoms with van der Waals surface area (Å²) in [4.78, 5) is 12.0. The van der Waals surface area contributed by atoms with E-state index in [9.17, 15) is 0 Å². The summed E-state index contributed by atoms with van der Waals surface area (Å²) in [6, 6.07) is 9.32. The highest BCUT2D eigenvalue weighted by Gasteiger charge is 2.51. The third-order valence-electron chi connectivity index (χ3n) is 8.55. The molecule has 2 fully saturated rings. The zero-order valence-corrected chi connectivity index (χ0v) is 22.8. The monoisotopic (exact) mass is 511 g/mol. The minimum Gasteiger partial charge on any atom is -0.378 e. The first kappa shape index (κ1) is 24.9. The fourth-order valence-electron chi connectivity index (χ4n) is 6.15. The van der Waals surface area contributed by atoms with Gasteiger partial charge in [-0.25, -0.2) is 9.97 Å². The van der Waals surface area contributed by atoms with E-state index in [4.69, 9.17) is 9.84 Å². The SMILES string of the molecule is CCOC1CC(N2CCC(n3cc(-c4cnc(-c5cccc(-c6cnn(C)c6)c5)nc4)cn3)CC2)C1(C)C. The van der Waals surface area contributed by atoms with Crippen LogP contribution in [0.3, 0.4) is 0 Å². The molecule has 2 unspecified atom stereocenters. The summed E-state index contributed by atoms with van der Waals surface area (Å²) in [6.45, 7) is 9.84. The van der Waals surface area contributed by atoms with E-state index in [0.717, 1.165) is 66.8 Å². The molecule has 1 saturated carbocycles. The molecule has 0 spiro atoms. The van der Waals surface area contributed by atoms with Gasteiger partial charge in [-0.3, -0.25) is 14.3 Å². The van der Waals surface area contributed by atoms with Crippen LogP contribution in [-0.4, -0.2) is 66.3 Å². The van der Waals surface area contributed by atoms with Gasteiger partial charge in [0.1, 0.15) is 0 Å². The van der Waals surface area contributed by atoms with Crippen molar-refractivity contribution in [2.75, 3.05) is 19.7 Å². The Morgan fingerprint density at radius 1 is 0.895 bits per heavy atom. The summed E-state index contributed by atoms with van der Waals surface area (Å²) < 4.78 is 9.91. The van der Waals surface area contributed by atoms with Crippen LogP contribution in [0.25, 0.3) is 33.6 Å². The predicted molar refractivity (Wildman–Crippen MR) is 148 cm³/mol. The van der Waals surface area contributed by atoms with E-state index in [0.29, 0.717) is 24.0 Å². The molecule has 4 heterocycles. The Bertz CT molecular complexity index is 1380. The number of likely N-dealkylation sites (tertiary alicyclic amines) is 1. The molecule has 1 saturated heterocycles. The predicted octanol–water partition coefficient (Wildman–Crippen LogP) is 5.25. The first-order chi connectivity index (χ1) is 18.4. The fraction of sp³-hybridized carbons (Fsp3) is 0.467. The molecule has 0 amide bonds. The second kappa shape index (κ2) is 10.1. The summed E-state index contributed by atoms with van der Waals surface area (Å²) in [7, 11) is 1.93. The van der Waals surface area contributed by atoms with Crippen LogP contribution in [-0.2, 0) is 11.8 Å². The van der Waals surface area contributed by atoms with Gasteiger partial charge in [0.05, 0.1) is 24.5 Å². The highest BCUT2D eigenvalue weighted by Crippen LogP contribution is 2.47. The number of piperidine rings is 1. The average molecular weight is 512 g/mol. The molecule has 0 radical (unpaired) electrons. The van der Waals surface area contributed by atoms with Crippen LogP contribution in [0.2, 0.25) is 0 Å². The molecular weight excluding hydrogens is 474 g/mol.